The van der Waals surface area contributed by atoms with Crippen molar-refractivity contribution >= 4 is 16.7 Å². The zero-order valence-electron chi connectivity index (χ0n) is 12.1. The summed E-state index contributed by atoms with van der Waals surface area (Å²) in [5.74, 6) is 0.967. The van der Waals surface area contributed by atoms with Gasteiger partial charge < -0.3 is 9.80 Å². The zero-order chi connectivity index (χ0) is 13.3. The number of nitrogens with zero attached hydrogens (tertiary/aromatic N) is 4. The summed E-state index contributed by atoms with van der Waals surface area (Å²) in [7, 11) is 4.32. The molecule has 1 atom stereocenters. The van der Waals surface area contributed by atoms with E-state index in [0.29, 0.717) is 6.04 Å². The van der Waals surface area contributed by atoms with E-state index in [9.17, 15) is 0 Å². The highest BCUT2D eigenvalue weighted by Crippen LogP contribution is 2.27. The van der Waals surface area contributed by atoms with Gasteiger partial charge in [-0.25, -0.2) is 4.98 Å². The maximum Gasteiger partial charge on any atom is 0.205 e. The molecule has 1 aromatic heterocycles. The van der Waals surface area contributed by atoms with E-state index >= 15 is 0 Å². The standard InChI is InChI=1S/C13H24N4S/c1-13(2,3)11-14-12(18-15-11)17-8-6-7-10(9-17)16(4)5/h10H,6-9H2,1-5H3. The number of likely N-dealkylation sites (N-methyl/N-ethyl adjacent to an activating group) is 1. The Morgan fingerprint density at radius 1 is 1.33 bits per heavy atom. The van der Waals surface area contributed by atoms with Gasteiger partial charge in [0.2, 0.25) is 5.13 Å². The highest BCUT2D eigenvalue weighted by molar-refractivity contribution is 7.09. The van der Waals surface area contributed by atoms with Crippen molar-refractivity contribution in [2.24, 2.45) is 0 Å². The molecule has 0 bridgehead atoms. The van der Waals surface area contributed by atoms with Crippen molar-refractivity contribution in [2.75, 3.05) is 32.1 Å². The molecule has 1 fully saturated rings. The molecular weight excluding hydrogens is 244 g/mol. The number of hydrogen-bond acceptors (Lipinski definition) is 5. The van der Waals surface area contributed by atoms with Crippen LogP contribution in [0, 0.1) is 0 Å². The molecule has 0 spiro atoms. The first-order valence-electron chi connectivity index (χ1n) is 6.63. The molecule has 2 rings (SSSR count). The highest BCUT2D eigenvalue weighted by Gasteiger charge is 2.26. The van der Waals surface area contributed by atoms with Crippen LogP contribution >= 0.6 is 11.5 Å². The Labute approximate surface area is 114 Å². The van der Waals surface area contributed by atoms with Gasteiger partial charge in [-0.3, -0.25) is 0 Å². The molecule has 1 aliphatic rings. The quantitative estimate of drug-likeness (QED) is 0.824. The lowest BCUT2D eigenvalue weighted by Gasteiger charge is -2.35. The molecule has 0 aromatic carbocycles. The largest absolute Gasteiger partial charge is 0.345 e. The summed E-state index contributed by atoms with van der Waals surface area (Å²) < 4.78 is 4.51. The topological polar surface area (TPSA) is 32.3 Å². The lowest BCUT2D eigenvalue weighted by atomic mass is 9.96. The summed E-state index contributed by atoms with van der Waals surface area (Å²) in [6.07, 6.45) is 2.53. The van der Waals surface area contributed by atoms with Crippen molar-refractivity contribution in [3.8, 4) is 0 Å². The number of rotatable bonds is 2. The molecule has 2 heterocycles. The molecule has 1 saturated heterocycles. The van der Waals surface area contributed by atoms with Crippen molar-refractivity contribution in [1.82, 2.24) is 14.3 Å². The second kappa shape index (κ2) is 5.13. The third-order valence-electron chi connectivity index (χ3n) is 3.48. The summed E-state index contributed by atoms with van der Waals surface area (Å²) in [5.41, 5.74) is 0.0471. The van der Waals surface area contributed by atoms with Crippen molar-refractivity contribution in [2.45, 2.75) is 45.1 Å². The fourth-order valence-electron chi connectivity index (χ4n) is 2.20. The smallest absolute Gasteiger partial charge is 0.205 e. The second-order valence-corrected chi connectivity index (χ2v) is 7.09. The van der Waals surface area contributed by atoms with Crippen LogP contribution in [-0.4, -0.2) is 47.5 Å². The highest BCUT2D eigenvalue weighted by atomic mass is 32.1. The number of piperidine rings is 1. The van der Waals surface area contributed by atoms with E-state index < -0.39 is 0 Å². The van der Waals surface area contributed by atoms with Crippen LogP contribution in [0.2, 0.25) is 0 Å². The Morgan fingerprint density at radius 3 is 2.61 bits per heavy atom. The summed E-state index contributed by atoms with van der Waals surface area (Å²) in [4.78, 5) is 9.42. The van der Waals surface area contributed by atoms with Crippen molar-refractivity contribution < 1.29 is 0 Å². The fraction of sp³-hybridized carbons (Fsp3) is 0.846. The SMILES string of the molecule is CN(C)C1CCCN(c2nc(C(C)(C)C)ns2)C1. The van der Waals surface area contributed by atoms with Gasteiger partial charge in [-0.2, -0.15) is 4.37 Å². The maximum absolute atomic E-state index is 4.71. The Hall–Kier alpha value is -0.680. The summed E-state index contributed by atoms with van der Waals surface area (Å²) in [5, 5.41) is 1.09. The number of hydrogen-bond donors (Lipinski definition) is 0. The lowest BCUT2D eigenvalue weighted by Crippen LogP contribution is -2.45. The van der Waals surface area contributed by atoms with Gasteiger partial charge in [-0.05, 0) is 26.9 Å². The van der Waals surface area contributed by atoms with Gasteiger partial charge in [0.25, 0.3) is 0 Å². The first-order valence-corrected chi connectivity index (χ1v) is 7.41. The Bertz CT molecular complexity index is 394. The van der Waals surface area contributed by atoms with E-state index in [-0.39, 0.29) is 5.41 Å². The van der Waals surface area contributed by atoms with Gasteiger partial charge in [0, 0.05) is 36.1 Å². The molecule has 0 saturated carbocycles. The van der Waals surface area contributed by atoms with Crippen LogP contribution in [0.3, 0.4) is 0 Å². The summed E-state index contributed by atoms with van der Waals surface area (Å²) in [6.45, 7) is 8.68. The lowest BCUT2D eigenvalue weighted by molar-refractivity contribution is 0.258. The molecule has 0 radical (unpaired) electrons. The maximum atomic E-state index is 4.71. The van der Waals surface area contributed by atoms with Gasteiger partial charge in [-0.1, -0.05) is 20.8 Å². The van der Waals surface area contributed by atoms with Crippen LogP contribution in [0.5, 0.6) is 0 Å². The van der Waals surface area contributed by atoms with E-state index in [1.54, 1.807) is 11.5 Å². The third-order valence-corrected chi connectivity index (χ3v) is 4.26. The molecule has 0 N–H and O–H groups in total. The van der Waals surface area contributed by atoms with Crippen LogP contribution in [-0.2, 0) is 5.41 Å². The van der Waals surface area contributed by atoms with Crippen molar-refractivity contribution in [1.29, 1.82) is 0 Å². The minimum Gasteiger partial charge on any atom is -0.345 e. The first kappa shape index (κ1) is 13.7. The van der Waals surface area contributed by atoms with Gasteiger partial charge in [0.15, 0.2) is 0 Å². The predicted octanol–water partition coefficient (Wildman–Crippen LogP) is 2.37. The Morgan fingerprint density at radius 2 is 2.06 bits per heavy atom. The molecule has 5 heteroatoms. The molecule has 1 aromatic rings. The van der Waals surface area contributed by atoms with Gasteiger partial charge >= 0.3 is 0 Å². The molecule has 18 heavy (non-hydrogen) atoms. The second-order valence-electron chi connectivity index (χ2n) is 6.36. The minimum atomic E-state index is 0.0471. The van der Waals surface area contributed by atoms with Gasteiger partial charge in [0.1, 0.15) is 5.82 Å². The molecule has 0 aliphatic carbocycles. The van der Waals surface area contributed by atoms with Crippen LogP contribution in [0.4, 0.5) is 5.13 Å². The van der Waals surface area contributed by atoms with E-state index in [0.717, 1.165) is 24.0 Å². The van der Waals surface area contributed by atoms with Crippen LogP contribution in [0.1, 0.15) is 39.4 Å². The fourth-order valence-corrected chi connectivity index (χ4v) is 3.09. The average Bonchev–Trinajstić information content (AvgIpc) is 2.78. The minimum absolute atomic E-state index is 0.0471. The molecule has 4 nitrogen and oxygen atoms in total. The zero-order valence-corrected chi connectivity index (χ0v) is 12.9. The molecule has 102 valence electrons. The number of anilines is 1. The Kier molecular flexibility index (Phi) is 3.92. The van der Waals surface area contributed by atoms with E-state index in [1.807, 2.05) is 0 Å². The van der Waals surface area contributed by atoms with Crippen molar-refractivity contribution in [3.63, 3.8) is 0 Å². The first-order chi connectivity index (χ1) is 8.38. The monoisotopic (exact) mass is 268 g/mol. The van der Waals surface area contributed by atoms with Gasteiger partial charge in [-0.15, -0.1) is 0 Å². The van der Waals surface area contributed by atoms with Crippen LogP contribution in [0.25, 0.3) is 0 Å². The van der Waals surface area contributed by atoms with Crippen molar-refractivity contribution in [3.05, 3.63) is 5.82 Å². The Balaban J connectivity index is 2.09. The average molecular weight is 268 g/mol. The van der Waals surface area contributed by atoms with Crippen LogP contribution < -0.4 is 4.90 Å². The molecule has 1 unspecified atom stereocenters. The summed E-state index contributed by atoms with van der Waals surface area (Å²) >= 11 is 1.54. The van der Waals surface area contributed by atoms with E-state index in [1.165, 1.54) is 12.8 Å². The van der Waals surface area contributed by atoms with E-state index in [4.69, 9.17) is 4.98 Å². The van der Waals surface area contributed by atoms with Gasteiger partial charge in [0.05, 0.1) is 0 Å². The molecule has 0 amide bonds. The molecular formula is C13H24N4S. The predicted molar refractivity (Wildman–Crippen MR) is 77.5 cm³/mol. The summed E-state index contributed by atoms with van der Waals surface area (Å²) in [6, 6.07) is 0.640. The molecule has 1 aliphatic heterocycles. The number of aromatic nitrogens is 2. The normalized spacial score (nSPS) is 21.7. The van der Waals surface area contributed by atoms with Crippen LogP contribution in [0.15, 0.2) is 0 Å². The van der Waals surface area contributed by atoms with E-state index in [2.05, 4.69) is 49.0 Å². The third kappa shape index (κ3) is 3.01.